The summed E-state index contributed by atoms with van der Waals surface area (Å²) in [7, 11) is 5.29. The predicted molar refractivity (Wildman–Crippen MR) is 104 cm³/mol. The number of rotatable bonds is 6. The molecule has 0 radical (unpaired) electrons. The first-order valence-corrected chi connectivity index (χ1v) is 8.83. The summed E-state index contributed by atoms with van der Waals surface area (Å²) in [4.78, 5) is 15.0. The number of Topliss-reactive ketones (excluding diaryl/α,β-unsaturated/α-hetero) is 1. The minimum Gasteiger partial charge on any atom is -0.493 e. The molecule has 136 valence electrons. The Hall–Kier alpha value is -2.59. The molecule has 0 bridgehead atoms. The summed E-state index contributed by atoms with van der Waals surface area (Å²) in [6, 6.07) is 12.1. The maximum absolute atomic E-state index is 12.7. The topological polar surface area (TPSA) is 38.8 Å². The summed E-state index contributed by atoms with van der Waals surface area (Å²) in [5, 5.41) is 0. The van der Waals surface area contributed by atoms with Gasteiger partial charge in [0.1, 0.15) is 0 Å². The van der Waals surface area contributed by atoms with Crippen LogP contribution in [0.25, 0.3) is 6.08 Å². The number of ether oxygens (including phenoxy) is 2. The zero-order valence-corrected chi connectivity index (χ0v) is 15.8. The lowest BCUT2D eigenvalue weighted by Crippen LogP contribution is -2.16. The molecule has 26 heavy (non-hydrogen) atoms. The molecule has 3 rings (SSSR count). The van der Waals surface area contributed by atoms with Gasteiger partial charge in [-0.25, -0.2) is 0 Å². The van der Waals surface area contributed by atoms with Crippen molar-refractivity contribution in [1.82, 2.24) is 4.90 Å². The molecular formula is C22H25NO3. The van der Waals surface area contributed by atoms with E-state index < -0.39 is 0 Å². The van der Waals surface area contributed by atoms with E-state index in [1.165, 1.54) is 5.56 Å². The largest absolute Gasteiger partial charge is 0.493 e. The third-order valence-electron chi connectivity index (χ3n) is 4.84. The molecule has 0 saturated heterocycles. The van der Waals surface area contributed by atoms with Crippen molar-refractivity contribution < 1.29 is 14.3 Å². The van der Waals surface area contributed by atoms with Crippen molar-refractivity contribution in [3.8, 4) is 11.5 Å². The molecule has 0 unspecified atom stereocenters. The van der Waals surface area contributed by atoms with Gasteiger partial charge >= 0.3 is 0 Å². The fourth-order valence-corrected chi connectivity index (χ4v) is 3.20. The van der Waals surface area contributed by atoms with E-state index in [1.807, 2.05) is 12.1 Å². The summed E-state index contributed by atoms with van der Waals surface area (Å²) in [6.45, 7) is 4.09. The van der Waals surface area contributed by atoms with Gasteiger partial charge in [-0.1, -0.05) is 31.2 Å². The highest BCUT2D eigenvalue weighted by Gasteiger charge is 2.27. The highest BCUT2D eigenvalue weighted by atomic mass is 16.5. The number of carbonyl (C=O) groups is 1. The van der Waals surface area contributed by atoms with Crippen LogP contribution in [0.2, 0.25) is 0 Å². The van der Waals surface area contributed by atoms with Gasteiger partial charge in [-0.15, -0.1) is 0 Å². The molecule has 0 N–H and O–H groups in total. The first-order valence-electron chi connectivity index (χ1n) is 8.83. The minimum absolute atomic E-state index is 0.0655. The number of methoxy groups -OCH3 is 2. The molecule has 2 aromatic rings. The first kappa shape index (κ1) is 18.2. The van der Waals surface area contributed by atoms with Crippen molar-refractivity contribution in [2.45, 2.75) is 19.9 Å². The van der Waals surface area contributed by atoms with E-state index in [2.05, 4.69) is 43.1 Å². The smallest absolute Gasteiger partial charge is 0.189 e. The lowest BCUT2D eigenvalue weighted by atomic mass is 10.1. The van der Waals surface area contributed by atoms with Crippen LogP contribution in [0.5, 0.6) is 11.5 Å². The van der Waals surface area contributed by atoms with Crippen LogP contribution < -0.4 is 9.47 Å². The van der Waals surface area contributed by atoms with E-state index in [-0.39, 0.29) is 5.78 Å². The molecule has 0 fully saturated rings. The molecule has 0 spiro atoms. The van der Waals surface area contributed by atoms with Gasteiger partial charge in [0, 0.05) is 24.1 Å². The van der Waals surface area contributed by atoms with E-state index in [4.69, 9.17) is 9.47 Å². The van der Waals surface area contributed by atoms with Crippen molar-refractivity contribution >= 4 is 11.9 Å². The van der Waals surface area contributed by atoms with Crippen LogP contribution in [-0.4, -0.2) is 38.5 Å². The van der Waals surface area contributed by atoms with E-state index >= 15 is 0 Å². The number of carbonyl (C=O) groups excluding carboxylic acids is 1. The second kappa shape index (κ2) is 7.75. The van der Waals surface area contributed by atoms with Crippen molar-refractivity contribution in [3.63, 3.8) is 0 Å². The Morgan fingerprint density at radius 2 is 1.73 bits per heavy atom. The lowest BCUT2D eigenvalue weighted by molar-refractivity contribution is 0.104. The predicted octanol–water partition coefficient (Wildman–Crippen LogP) is 3.98. The van der Waals surface area contributed by atoms with E-state index in [0.29, 0.717) is 23.5 Å². The van der Waals surface area contributed by atoms with E-state index in [0.717, 1.165) is 29.8 Å². The van der Waals surface area contributed by atoms with Gasteiger partial charge in [0.25, 0.3) is 0 Å². The van der Waals surface area contributed by atoms with E-state index in [9.17, 15) is 4.79 Å². The molecule has 2 aromatic carbocycles. The fourth-order valence-electron chi connectivity index (χ4n) is 3.20. The first-order chi connectivity index (χ1) is 12.5. The second-order valence-corrected chi connectivity index (χ2v) is 6.61. The van der Waals surface area contributed by atoms with Gasteiger partial charge in [-0.2, -0.15) is 0 Å². The van der Waals surface area contributed by atoms with Gasteiger partial charge in [-0.05, 0) is 48.5 Å². The van der Waals surface area contributed by atoms with Gasteiger partial charge < -0.3 is 14.4 Å². The molecule has 0 heterocycles. The van der Waals surface area contributed by atoms with Crippen LogP contribution in [-0.2, 0) is 13.0 Å². The Bertz CT molecular complexity index is 837. The molecule has 0 saturated carbocycles. The van der Waals surface area contributed by atoms with Crippen LogP contribution in [0.4, 0.5) is 0 Å². The highest BCUT2D eigenvalue weighted by Crippen LogP contribution is 2.37. The molecule has 0 aliphatic heterocycles. The fraction of sp³-hybridized carbons (Fsp3) is 0.318. The molecule has 1 aliphatic rings. The normalized spacial score (nSPS) is 14.8. The zero-order chi connectivity index (χ0) is 18.7. The number of allylic oxidation sites excluding steroid dienone is 1. The van der Waals surface area contributed by atoms with Crippen LogP contribution in [0.15, 0.2) is 42.0 Å². The van der Waals surface area contributed by atoms with Gasteiger partial charge in [0.15, 0.2) is 17.3 Å². The van der Waals surface area contributed by atoms with Gasteiger partial charge in [-0.3, -0.25) is 4.79 Å². The van der Waals surface area contributed by atoms with Crippen molar-refractivity contribution in [2.75, 3.05) is 27.8 Å². The molecule has 0 amide bonds. The monoisotopic (exact) mass is 351 g/mol. The van der Waals surface area contributed by atoms with Crippen LogP contribution in [0.1, 0.15) is 34.0 Å². The standard InChI is InChI=1S/C22H25NO3/c1-5-23(2)14-16-8-6-15(7-9-16)10-18-11-17-12-20(25-3)21(26-4)13-19(17)22(18)24/h6-10,12-13H,5,11,14H2,1-4H3/b18-10+. The van der Waals surface area contributed by atoms with Crippen LogP contribution in [0.3, 0.4) is 0 Å². The van der Waals surface area contributed by atoms with Crippen LogP contribution >= 0.6 is 0 Å². The van der Waals surface area contributed by atoms with Crippen molar-refractivity contribution in [1.29, 1.82) is 0 Å². The number of ketones is 1. The lowest BCUT2D eigenvalue weighted by Gasteiger charge is -2.13. The summed E-state index contributed by atoms with van der Waals surface area (Å²) >= 11 is 0. The average molecular weight is 351 g/mol. The maximum atomic E-state index is 12.7. The summed E-state index contributed by atoms with van der Waals surface area (Å²) in [6.07, 6.45) is 2.60. The van der Waals surface area contributed by atoms with Crippen molar-refractivity contribution in [2.24, 2.45) is 0 Å². The zero-order valence-electron chi connectivity index (χ0n) is 15.8. The molecule has 4 nitrogen and oxygen atoms in total. The van der Waals surface area contributed by atoms with Crippen molar-refractivity contribution in [3.05, 3.63) is 64.2 Å². The molecular weight excluding hydrogens is 326 g/mol. The summed E-state index contributed by atoms with van der Waals surface area (Å²) in [5.74, 6) is 1.31. The number of hydrogen-bond donors (Lipinski definition) is 0. The Balaban J connectivity index is 1.83. The van der Waals surface area contributed by atoms with E-state index in [1.54, 1.807) is 20.3 Å². The second-order valence-electron chi connectivity index (χ2n) is 6.61. The molecule has 0 aromatic heterocycles. The third-order valence-corrected chi connectivity index (χ3v) is 4.84. The Morgan fingerprint density at radius 3 is 2.35 bits per heavy atom. The molecule has 4 heteroatoms. The average Bonchev–Trinajstić information content (AvgIpc) is 2.96. The minimum atomic E-state index is 0.0655. The molecule has 0 atom stereocenters. The van der Waals surface area contributed by atoms with Crippen LogP contribution in [0, 0.1) is 0 Å². The number of nitrogens with zero attached hydrogens (tertiary/aromatic N) is 1. The highest BCUT2D eigenvalue weighted by molar-refractivity contribution is 6.15. The van der Waals surface area contributed by atoms with Gasteiger partial charge in [0.2, 0.25) is 0 Å². The third kappa shape index (κ3) is 3.65. The molecule has 1 aliphatic carbocycles. The Morgan fingerprint density at radius 1 is 1.08 bits per heavy atom. The quantitative estimate of drug-likeness (QED) is 0.738. The SMILES string of the molecule is CCN(C)Cc1ccc(/C=C2\Cc3cc(OC)c(OC)cc3C2=O)cc1. The number of benzene rings is 2. The Labute approximate surface area is 155 Å². The maximum Gasteiger partial charge on any atom is 0.189 e. The number of hydrogen-bond acceptors (Lipinski definition) is 4. The summed E-state index contributed by atoms with van der Waals surface area (Å²) in [5.41, 5.74) is 4.80. The Kier molecular flexibility index (Phi) is 5.43. The summed E-state index contributed by atoms with van der Waals surface area (Å²) < 4.78 is 10.7. The van der Waals surface area contributed by atoms with Gasteiger partial charge in [0.05, 0.1) is 14.2 Å². The number of fused-ring (bicyclic) bond motifs is 1.